The van der Waals surface area contributed by atoms with Gasteiger partial charge in [0, 0.05) is 17.9 Å². The summed E-state index contributed by atoms with van der Waals surface area (Å²) in [5, 5.41) is 0. The molecular formula is C12H21NO. The first-order chi connectivity index (χ1) is 6.70. The van der Waals surface area contributed by atoms with E-state index < -0.39 is 0 Å². The van der Waals surface area contributed by atoms with Gasteiger partial charge in [0.05, 0.1) is 0 Å². The molecule has 0 aromatic rings. The number of ketones is 1. The van der Waals surface area contributed by atoms with Crippen LogP contribution in [0, 0.1) is 5.92 Å². The summed E-state index contributed by atoms with van der Waals surface area (Å²) in [6, 6.07) is 0. The average Bonchev–Trinajstić information content (AvgIpc) is 2.17. The van der Waals surface area contributed by atoms with E-state index in [4.69, 9.17) is 5.73 Å². The van der Waals surface area contributed by atoms with Gasteiger partial charge in [-0.15, -0.1) is 0 Å². The zero-order valence-corrected chi connectivity index (χ0v) is 8.93. The van der Waals surface area contributed by atoms with Gasteiger partial charge in [0.25, 0.3) is 0 Å². The van der Waals surface area contributed by atoms with E-state index in [2.05, 4.69) is 0 Å². The van der Waals surface area contributed by atoms with Crippen molar-refractivity contribution in [2.24, 2.45) is 11.7 Å². The number of rotatable bonds is 3. The molecule has 2 nitrogen and oxygen atoms in total. The third-order valence-electron chi connectivity index (χ3n) is 3.94. The summed E-state index contributed by atoms with van der Waals surface area (Å²) in [6.45, 7) is 0. The molecule has 0 bridgehead atoms. The van der Waals surface area contributed by atoms with Crippen molar-refractivity contribution in [2.45, 2.75) is 63.3 Å². The van der Waals surface area contributed by atoms with Crippen molar-refractivity contribution < 1.29 is 4.79 Å². The highest BCUT2D eigenvalue weighted by Crippen LogP contribution is 2.35. The molecule has 2 heteroatoms. The van der Waals surface area contributed by atoms with Crippen molar-refractivity contribution in [3.8, 4) is 0 Å². The largest absolute Gasteiger partial charge is 0.325 e. The molecule has 2 rings (SSSR count). The van der Waals surface area contributed by atoms with Crippen molar-refractivity contribution >= 4 is 5.78 Å². The van der Waals surface area contributed by atoms with Gasteiger partial charge in [-0.1, -0.05) is 19.3 Å². The normalized spacial score (nSPS) is 26.9. The molecule has 14 heavy (non-hydrogen) atoms. The predicted molar refractivity (Wildman–Crippen MR) is 57.0 cm³/mol. The van der Waals surface area contributed by atoms with Crippen LogP contribution in [-0.2, 0) is 4.79 Å². The van der Waals surface area contributed by atoms with Crippen LogP contribution in [0.2, 0.25) is 0 Å². The van der Waals surface area contributed by atoms with Gasteiger partial charge in [0.15, 0.2) is 0 Å². The van der Waals surface area contributed by atoms with E-state index in [0.29, 0.717) is 18.1 Å². The fourth-order valence-electron chi connectivity index (χ4n) is 2.72. The van der Waals surface area contributed by atoms with Gasteiger partial charge in [-0.25, -0.2) is 0 Å². The van der Waals surface area contributed by atoms with Gasteiger partial charge in [-0.2, -0.15) is 0 Å². The lowest BCUT2D eigenvalue weighted by molar-refractivity contribution is -0.125. The Balaban J connectivity index is 1.81. The van der Waals surface area contributed by atoms with Crippen LogP contribution >= 0.6 is 0 Å². The van der Waals surface area contributed by atoms with Crippen molar-refractivity contribution in [3.63, 3.8) is 0 Å². The summed E-state index contributed by atoms with van der Waals surface area (Å²) in [5.74, 6) is 0.802. The smallest absolute Gasteiger partial charge is 0.137 e. The molecule has 80 valence electrons. The molecule has 0 atom stereocenters. The van der Waals surface area contributed by atoms with Crippen LogP contribution in [0.25, 0.3) is 0 Å². The molecule has 0 saturated heterocycles. The third kappa shape index (κ3) is 2.17. The molecule has 0 radical (unpaired) electrons. The third-order valence-corrected chi connectivity index (χ3v) is 3.94. The second-order valence-electron chi connectivity index (χ2n) is 5.19. The summed E-state index contributed by atoms with van der Waals surface area (Å²) in [6.07, 6.45) is 10.0. The van der Waals surface area contributed by atoms with Crippen LogP contribution in [0.5, 0.6) is 0 Å². The van der Waals surface area contributed by atoms with Crippen LogP contribution in [0.15, 0.2) is 0 Å². The molecular weight excluding hydrogens is 174 g/mol. The topological polar surface area (TPSA) is 43.1 Å². The molecule has 2 aliphatic carbocycles. The monoisotopic (exact) mass is 195 g/mol. The van der Waals surface area contributed by atoms with E-state index >= 15 is 0 Å². The molecule has 2 N–H and O–H groups in total. The lowest BCUT2D eigenvalue weighted by atomic mass is 9.71. The Morgan fingerprint density at radius 2 is 1.79 bits per heavy atom. The number of nitrogens with two attached hydrogens (primary N) is 1. The number of carbonyl (C=O) groups excluding carboxylic acids is 1. The summed E-state index contributed by atoms with van der Waals surface area (Å²) in [4.78, 5) is 11.9. The molecule has 0 aromatic heterocycles. The molecule has 2 aliphatic rings. The predicted octanol–water partition coefficient (Wildman–Crippen LogP) is 2.41. The lowest BCUT2D eigenvalue weighted by Crippen LogP contribution is -2.48. The van der Waals surface area contributed by atoms with Crippen LogP contribution < -0.4 is 5.73 Å². The number of hydrogen-bond acceptors (Lipinski definition) is 2. The van der Waals surface area contributed by atoms with Crippen molar-refractivity contribution in [1.29, 1.82) is 0 Å². The molecule has 0 spiro atoms. The average molecular weight is 195 g/mol. The fraction of sp³-hybridized carbons (Fsp3) is 0.917. The van der Waals surface area contributed by atoms with Crippen molar-refractivity contribution in [1.82, 2.24) is 0 Å². The zero-order valence-electron chi connectivity index (χ0n) is 8.93. The summed E-state index contributed by atoms with van der Waals surface area (Å²) in [7, 11) is 0. The summed E-state index contributed by atoms with van der Waals surface area (Å²) < 4.78 is 0. The van der Waals surface area contributed by atoms with Crippen LogP contribution in [-0.4, -0.2) is 11.3 Å². The highest BCUT2D eigenvalue weighted by atomic mass is 16.1. The van der Waals surface area contributed by atoms with Gasteiger partial charge in [0.1, 0.15) is 5.78 Å². The van der Waals surface area contributed by atoms with Crippen LogP contribution in [0.3, 0.4) is 0 Å². The van der Waals surface area contributed by atoms with Gasteiger partial charge in [-0.05, 0) is 32.1 Å². The molecule has 0 heterocycles. The maximum atomic E-state index is 11.9. The van der Waals surface area contributed by atoms with E-state index in [0.717, 1.165) is 25.7 Å². The fourth-order valence-corrected chi connectivity index (χ4v) is 2.72. The first-order valence-corrected chi connectivity index (χ1v) is 6.01. The standard InChI is InChI=1S/C12H21NO/c13-12(7-4-8-12)9-11(14)10-5-2-1-3-6-10/h10H,1-9,13H2. The van der Waals surface area contributed by atoms with E-state index in [9.17, 15) is 4.79 Å². The van der Waals surface area contributed by atoms with Crippen molar-refractivity contribution in [3.05, 3.63) is 0 Å². The highest BCUT2D eigenvalue weighted by molar-refractivity contribution is 5.82. The van der Waals surface area contributed by atoms with Gasteiger partial charge >= 0.3 is 0 Å². The maximum absolute atomic E-state index is 11.9. The van der Waals surface area contributed by atoms with Gasteiger partial charge in [0.2, 0.25) is 0 Å². The first kappa shape index (κ1) is 10.2. The summed E-state index contributed by atoms with van der Waals surface area (Å²) in [5.41, 5.74) is 5.99. The highest BCUT2D eigenvalue weighted by Gasteiger charge is 2.36. The Labute approximate surface area is 86.2 Å². The Bertz CT molecular complexity index is 214. The number of hydrogen-bond donors (Lipinski definition) is 1. The van der Waals surface area contributed by atoms with E-state index in [1.165, 1.54) is 25.7 Å². The number of Topliss-reactive ketones (excluding diaryl/α,β-unsaturated/α-hetero) is 1. The molecule has 0 amide bonds. The lowest BCUT2D eigenvalue weighted by Gasteiger charge is -2.38. The van der Waals surface area contributed by atoms with Crippen LogP contribution in [0.1, 0.15) is 57.8 Å². The minimum atomic E-state index is -0.103. The Morgan fingerprint density at radius 1 is 1.14 bits per heavy atom. The van der Waals surface area contributed by atoms with Crippen LogP contribution in [0.4, 0.5) is 0 Å². The minimum Gasteiger partial charge on any atom is -0.325 e. The maximum Gasteiger partial charge on any atom is 0.137 e. The van der Waals surface area contributed by atoms with Gasteiger partial charge in [-0.3, -0.25) is 4.79 Å². The number of carbonyl (C=O) groups is 1. The minimum absolute atomic E-state index is 0.103. The Hall–Kier alpha value is -0.370. The second-order valence-corrected chi connectivity index (χ2v) is 5.19. The SMILES string of the molecule is NC1(CC(=O)C2CCCCC2)CCC1. The molecule has 0 aromatic carbocycles. The van der Waals surface area contributed by atoms with E-state index in [-0.39, 0.29) is 5.54 Å². The van der Waals surface area contributed by atoms with Crippen molar-refractivity contribution in [2.75, 3.05) is 0 Å². The molecule has 0 unspecified atom stereocenters. The molecule has 0 aliphatic heterocycles. The molecule has 2 saturated carbocycles. The molecule has 2 fully saturated rings. The zero-order chi connectivity index (χ0) is 10.0. The van der Waals surface area contributed by atoms with Gasteiger partial charge < -0.3 is 5.73 Å². The van der Waals surface area contributed by atoms with E-state index in [1.54, 1.807) is 0 Å². The Morgan fingerprint density at radius 3 is 2.29 bits per heavy atom. The summed E-state index contributed by atoms with van der Waals surface area (Å²) >= 11 is 0. The quantitative estimate of drug-likeness (QED) is 0.751. The Kier molecular flexibility index (Phi) is 2.91. The first-order valence-electron chi connectivity index (χ1n) is 6.01. The van der Waals surface area contributed by atoms with E-state index in [1.807, 2.05) is 0 Å². The second kappa shape index (κ2) is 4.01.